The zero-order valence-corrected chi connectivity index (χ0v) is 58.0. The van der Waals surface area contributed by atoms with E-state index in [-0.39, 0.29) is 85.8 Å². The smallest absolute Gasteiger partial charge is 0.304 e. The summed E-state index contributed by atoms with van der Waals surface area (Å²) in [5.41, 5.74) is 6.54. The Morgan fingerprint density at radius 2 is 1.42 bits per heavy atom. The fourth-order valence-electron chi connectivity index (χ4n) is 11.6. The molecule has 1 aromatic heterocycles. The van der Waals surface area contributed by atoms with Gasteiger partial charge in [0, 0.05) is 96.0 Å². The highest BCUT2D eigenvalue weighted by Crippen LogP contribution is 2.39. The van der Waals surface area contributed by atoms with Crippen molar-refractivity contribution >= 4 is 105 Å². The summed E-state index contributed by atoms with van der Waals surface area (Å²) in [5, 5.41) is 61.6. The number of nitrogens with two attached hydrogens (primary N) is 1. The summed E-state index contributed by atoms with van der Waals surface area (Å²) >= 11 is -0.890. The lowest BCUT2D eigenvalue weighted by atomic mass is 9.93. The minimum atomic E-state index is -2.45. The number of hydrogen-bond acceptors (Lipinski definition) is 22. The standard InChI is InChI=1S/C63H96N12O22S2/c1-6-34(2)53-60(89)67-28-49(80)68-44-33-99(92)62-40(27-43(57(86)66-29-50(81)71-53)70-61(90)54(36(4)46(78)31-76)72-59(88)45-26-37(77)30-75(45)63(91)42(69-58(44)87)8-10-48(64)79)39-7-9-47(93-5)41(55(39)73-62)32-98-38-11-15-74(16-12-38)51(82)13-17-94-19-21-96-23-24-97-22-20-95-18-14-65-56(85)35(3)25-52(83)84/h7,9,34-38,42-46,53-54,73,76-78H,6,8,10-33H2,1-5H3,(H2,64,79)(H,65,85)(H,66,86)(H,67,89)(H,68,80)(H,69,87)(H,70,90)(H,71,81)(H,72,88)(H,83,84)/t34-,35?,36-,37+,42-,43-,44-,45-,46-,53-,54-,99?/m0/s1. The molecule has 99 heavy (non-hydrogen) atoms. The number of carboxylic acids is 1. The van der Waals surface area contributed by atoms with Crippen LogP contribution in [-0.4, -0.2) is 276 Å². The van der Waals surface area contributed by atoms with Crippen LogP contribution in [0.25, 0.3) is 10.9 Å². The predicted molar refractivity (Wildman–Crippen MR) is 355 cm³/mol. The summed E-state index contributed by atoms with van der Waals surface area (Å²) < 4.78 is 43.5. The van der Waals surface area contributed by atoms with E-state index in [9.17, 15) is 72.9 Å². The number of carbonyl (C=O) groups is 12. The van der Waals surface area contributed by atoms with E-state index in [1.165, 1.54) is 21.0 Å². The Kier molecular flexibility index (Phi) is 32.7. The molecule has 2 unspecified atom stereocenters. The van der Waals surface area contributed by atoms with Gasteiger partial charge in [-0.15, -0.1) is 0 Å². The monoisotopic (exact) mass is 1440 g/mol. The molecule has 11 amide bonds. The third-order valence-corrected chi connectivity index (χ3v) is 20.4. The molecule has 15 N–H and O–H groups in total. The van der Waals surface area contributed by atoms with Crippen molar-refractivity contribution in [2.45, 2.75) is 150 Å². The van der Waals surface area contributed by atoms with Crippen molar-refractivity contribution in [3.63, 3.8) is 0 Å². The SMILES string of the molecule is CC[C@H](C)[C@@H]1NC(=O)CNC(=O)[C@@H]2Cc3c([nH]c4c(CSC5CCN(C(=O)CCOCCOCCOCCOCCNC(=O)C(C)CC(=O)O)CC5)c(OC)ccc34)[S+]([O-])C[C@H](NC(=O)CNC1=O)C(=O)N[C@@H](CCC(N)=O)C(=O)N1C[C@H](O)C[C@H]1C(=O)N[C@@H]([C@@H](C)[C@@H](O)CO)C(=O)N2. The molecule has 6 rings (SSSR count). The normalized spacial score (nSPS) is 24.0. The first kappa shape index (κ1) is 80.6. The number of aliphatic hydroxyl groups excluding tert-OH is 3. The fraction of sp³-hybridized carbons (Fsp3) is 0.683. The predicted octanol–water partition coefficient (Wildman–Crippen LogP) is -4.32. The van der Waals surface area contributed by atoms with Gasteiger partial charge in [-0.25, -0.2) is 0 Å². The van der Waals surface area contributed by atoms with Gasteiger partial charge in [0.15, 0.2) is 6.04 Å². The van der Waals surface area contributed by atoms with Gasteiger partial charge in [-0.1, -0.05) is 34.1 Å². The molecule has 552 valence electrons. The second-order valence-electron chi connectivity index (χ2n) is 24.8. The van der Waals surface area contributed by atoms with Crippen molar-refractivity contribution in [1.82, 2.24) is 57.3 Å². The zero-order valence-electron chi connectivity index (χ0n) is 56.4. The number of carbonyl (C=O) groups excluding carboxylic acids is 11. The van der Waals surface area contributed by atoms with Gasteiger partial charge >= 0.3 is 5.97 Å². The first-order valence-electron chi connectivity index (χ1n) is 33.1. The summed E-state index contributed by atoms with van der Waals surface area (Å²) in [6.07, 6.45) is -3.54. The average Bonchev–Trinajstić information content (AvgIpc) is 1.63. The molecule has 2 saturated heterocycles. The number of aromatic nitrogens is 1. The molecule has 0 spiro atoms. The highest BCUT2D eigenvalue weighted by atomic mass is 32.2. The third kappa shape index (κ3) is 24.1. The van der Waals surface area contributed by atoms with E-state index < -0.39 is 194 Å². The minimum absolute atomic E-state index is 0.0179. The Labute approximate surface area is 580 Å². The molecule has 0 saturated carbocycles. The number of methoxy groups -OCH3 is 1. The second-order valence-corrected chi connectivity index (χ2v) is 27.5. The first-order valence-corrected chi connectivity index (χ1v) is 35.5. The largest absolute Gasteiger partial charge is 0.610 e. The van der Waals surface area contributed by atoms with E-state index in [0.29, 0.717) is 74.4 Å². The number of ether oxygens (including phenoxy) is 5. The van der Waals surface area contributed by atoms with E-state index in [0.717, 1.165) is 4.90 Å². The lowest BCUT2D eigenvalue weighted by Crippen LogP contribution is -2.62. The lowest BCUT2D eigenvalue weighted by molar-refractivity contribution is -0.143. The lowest BCUT2D eigenvalue weighted by Gasteiger charge is -2.33. The van der Waals surface area contributed by atoms with Crippen molar-refractivity contribution in [1.29, 1.82) is 0 Å². The Morgan fingerprint density at radius 3 is 2.05 bits per heavy atom. The van der Waals surface area contributed by atoms with Gasteiger partial charge in [0.2, 0.25) is 70.0 Å². The van der Waals surface area contributed by atoms with Crippen LogP contribution in [0.3, 0.4) is 0 Å². The topological polar surface area (TPSA) is 499 Å². The van der Waals surface area contributed by atoms with Crippen LogP contribution in [-0.2, 0) is 99.8 Å². The van der Waals surface area contributed by atoms with Crippen LogP contribution in [0.2, 0.25) is 0 Å². The number of thioether (sulfide) groups is 1. The molecule has 4 aliphatic heterocycles. The van der Waals surface area contributed by atoms with E-state index in [1.54, 1.807) is 42.6 Å². The number of aromatic amines is 1. The number of aliphatic hydroxyl groups is 3. The summed E-state index contributed by atoms with van der Waals surface area (Å²) in [4.78, 5) is 170. The molecule has 5 heterocycles. The maximum atomic E-state index is 15.5. The van der Waals surface area contributed by atoms with Crippen molar-refractivity contribution < 1.29 is 106 Å². The Bertz CT molecular complexity index is 3140. The number of carboxylic acid groups (broad SMARTS) is 1. The number of benzene rings is 1. The van der Waals surface area contributed by atoms with Crippen LogP contribution in [0.5, 0.6) is 5.75 Å². The number of hydrogen-bond donors (Lipinski definition) is 14. The second kappa shape index (κ2) is 40.1. The van der Waals surface area contributed by atoms with Gasteiger partial charge in [0.1, 0.15) is 41.7 Å². The van der Waals surface area contributed by atoms with Gasteiger partial charge in [0.05, 0.1) is 110 Å². The van der Waals surface area contributed by atoms with Crippen LogP contribution in [0.4, 0.5) is 0 Å². The molecule has 0 aliphatic carbocycles. The average molecular weight is 1440 g/mol. The summed E-state index contributed by atoms with van der Waals surface area (Å²) in [5.74, 6) is -13.1. The quantitative estimate of drug-likeness (QED) is 0.0260. The molecule has 2 aromatic rings. The number of fused-ring (bicyclic) bond motifs is 5. The molecule has 2 bridgehead atoms. The van der Waals surface area contributed by atoms with Gasteiger partial charge in [-0.2, -0.15) is 11.8 Å². The number of H-pyrrole nitrogens is 1. The molecule has 1 aromatic carbocycles. The van der Waals surface area contributed by atoms with E-state index >= 15 is 4.55 Å². The summed E-state index contributed by atoms with van der Waals surface area (Å²) in [6, 6.07) is -6.69. The highest BCUT2D eigenvalue weighted by molar-refractivity contribution is 7.99. The Morgan fingerprint density at radius 1 is 0.788 bits per heavy atom. The third-order valence-electron chi connectivity index (χ3n) is 17.6. The van der Waals surface area contributed by atoms with Crippen molar-refractivity contribution in [3.05, 3.63) is 23.3 Å². The maximum absolute atomic E-state index is 15.5. The molecular weight excluding hydrogens is 1340 g/mol. The van der Waals surface area contributed by atoms with E-state index in [2.05, 4.69) is 47.5 Å². The summed E-state index contributed by atoms with van der Waals surface area (Å²) in [7, 11) is 1.44. The van der Waals surface area contributed by atoms with Crippen LogP contribution in [0.15, 0.2) is 17.2 Å². The zero-order chi connectivity index (χ0) is 72.5. The number of likely N-dealkylation sites (tertiary alicyclic amines) is 1. The molecule has 0 radical (unpaired) electrons. The van der Waals surface area contributed by atoms with E-state index in [4.69, 9.17) is 34.5 Å². The molecular formula is C63H96N12O22S2. The van der Waals surface area contributed by atoms with Crippen LogP contribution in [0.1, 0.15) is 90.2 Å². The number of aliphatic carboxylic acids is 1. The molecule has 4 aliphatic rings. The van der Waals surface area contributed by atoms with Crippen LogP contribution in [0, 0.1) is 17.8 Å². The minimum Gasteiger partial charge on any atom is -0.610 e. The molecule has 34 nitrogen and oxygen atoms in total. The van der Waals surface area contributed by atoms with Gasteiger partial charge in [-0.3, -0.25) is 57.5 Å². The van der Waals surface area contributed by atoms with Crippen molar-refractivity contribution in [3.8, 4) is 5.75 Å². The Hall–Kier alpha value is -7.42. The number of piperidine rings is 1. The molecule has 12 atom stereocenters. The number of nitrogens with one attached hydrogen (secondary N) is 9. The van der Waals surface area contributed by atoms with Crippen LogP contribution >= 0.6 is 11.8 Å². The fourth-order valence-corrected chi connectivity index (χ4v) is 14.2. The van der Waals surface area contributed by atoms with Crippen molar-refractivity contribution in [2.75, 3.05) is 112 Å². The highest BCUT2D eigenvalue weighted by Gasteiger charge is 2.45. The maximum Gasteiger partial charge on any atom is 0.304 e. The van der Waals surface area contributed by atoms with Gasteiger partial charge in [-0.05, 0) is 37.3 Å². The van der Waals surface area contributed by atoms with Crippen LogP contribution < -0.4 is 53.0 Å². The van der Waals surface area contributed by atoms with Gasteiger partial charge in [0.25, 0.3) is 0 Å². The molecule has 36 heteroatoms. The number of amides is 11. The molecule has 2 fully saturated rings. The number of primary amides is 1. The van der Waals surface area contributed by atoms with Gasteiger partial charge < -0.3 is 112 Å². The number of rotatable bonds is 30. The van der Waals surface area contributed by atoms with E-state index in [1.807, 2.05) is 0 Å². The Balaban J connectivity index is 1.23. The van der Waals surface area contributed by atoms with Crippen molar-refractivity contribution in [2.24, 2.45) is 23.5 Å². The number of nitrogens with zero attached hydrogens (tertiary/aromatic N) is 2. The first-order chi connectivity index (χ1) is 47.2. The summed E-state index contributed by atoms with van der Waals surface area (Å²) in [6.45, 7) is 6.55.